The van der Waals surface area contributed by atoms with E-state index in [-0.39, 0.29) is 37.2 Å². The van der Waals surface area contributed by atoms with Gasteiger partial charge in [0.15, 0.2) is 0 Å². The van der Waals surface area contributed by atoms with E-state index in [1.54, 1.807) is 0 Å². The van der Waals surface area contributed by atoms with E-state index in [2.05, 4.69) is 10.6 Å². The third kappa shape index (κ3) is 8.03. The van der Waals surface area contributed by atoms with Crippen molar-refractivity contribution in [3.63, 3.8) is 0 Å². The summed E-state index contributed by atoms with van der Waals surface area (Å²) in [5.74, 6) is -1.55. The molecule has 0 saturated carbocycles. The van der Waals surface area contributed by atoms with Gasteiger partial charge in [0.1, 0.15) is 0 Å². The standard InChI is InChI=1S/C18H31N3O7/c1-12(14(24)11-22)18(28)13(23)10-19-7-3-8-20-15(25)4-2-9-21-16(26)5-6-17(21)27/h5-6,12-14,18-19,22-24,28H,2-4,7-11H2,1H3,(H,20,25)/t12-,13+,14-,18+/m1/s1. The molecular formula is C18H31N3O7. The molecule has 0 spiro atoms. The van der Waals surface area contributed by atoms with E-state index in [1.807, 2.05) is 0 Å². The molecule has 0 aromatic rings. The molecule has 3 amide bonds. The normalized spacial score (nSPS) is 18.2. The molecule has 0 aromatic heterocycles. The second kappa shape index (κ2) is 12.6. The van der Waals surface area contributed by atoms with Gasteiger partial charge in [-0.05, 0) is 19.4 Å². The Labute approximate surface area is 164 Å². The average molecular weight is 401 g/mol. The molecule has 10 heteroatoms. The number of imide groups is 1. The van der Waals surface area contributed by atoms with Gasteiger partial charge in [0.25, 0.3) is 11.8 Å². The molecule has 10 nitrogen and oxygen atoms in total. The van der Waals surface area contributed by atoms with Crippen LogP contribution in [0.15, 0.2) is 12.2 Å². The van der Waals surface area contributed by atoms with E-state index >= 15 is 0 Å². The highest BCUT2D eigenvalue weighted by Crippen LogP contribution is 2.12. The van der Waals surface area contributed by atoms with Crippen molar-refractivity contribution in [3.8, 4) is 0 Å². The second-order valence-electron chi connectivity index (χ2n) is 6.84. The molecule has 0 fully saturated rings. The summed E-state index contributed by atoms with van der Waals surface area (Å²) in [6.07, 6.45) is 0.275. The predicted octanol–water partition coefficient (Wildman–Crippen LogP) is -2.50. The monoisotopic (exact) mass is 401 g/mol. The van der Waals surface area contributed by atoms with Crippen LogP contribution in [0.3, 0.4) is 0 Å². The minimum atomic E-state index is -1.17. The number of nitrogens with one attached hydrogen (secondary N) is 2. The number of hydrogen-bond acceptors (Lipinski definition) is 8. The van der Waals surface area contributed by atoms with E-state index in [0.29, 0.717) is 25.9 Å². The number of aliphatic hydroxyl groups excluding tert-OH is 4. The van der Waals surface area contributed by atoms with Crippen LogP contribution in [0.1, 0.15) is 26.2 Å². The summed E-state index contributed by atoms with van der Waals surface area (Å²) in [6.45, 7) is 2.30. The van der Waals surface area contributed by atoms with Crippen LogP contribution >= 0.6 is 0 Å². The number of rotatable bonds is 14. The summed E-state index contributed by atoms with van der Waals surface area (Å²) >= 11 is 0. The van der Waals surface area contributed by atoms with E-state index < -0.39 is 30.8 Å². The maximum atomic E-state index is 11.7. The van der Waals surface area contributed by atoms with Gasteiger partial charge >= 0.3 is 0 Å². The van der Waals surface area contributed by atoms with Gasteiger partial charge in [0, 0.05) is 44.1 Å². The lowest BCUT2D eigenvalue weighted by molar-refractivity contribution is -0.137. The SMILES string of the molecule is C[C@@H]([C@H](O)[C@@H](O)CNCCCNC(=O)CCCN1C(=O)C=CC1=O)[C@H](O)CO. The van der Waals surface area contributed by atoms with Gasteiger partial charge in [-0.25, -0.2) is 0 Å². The highest BCUT2D eigenvalue weighted by Gasteiger charge is 2.27. The number of amides is 3. The van der Waals surface area contributed by atoms with Crippen molar-refractivity contribution in [2.45, 2.75) is 44.5 Å². The van der Waals surface area contributed by atoms with Crippen LogP contribution in [0, 0.1) is 5.92 Å². The topological polar surface area (TPSA) is 159 Å². The van der Waals surface area contributed by atoms with Crippen molar-refractivity contribution in [2.24, 2.45) is 5.92 Å². The van der Waals surface area contributed by atoms with E-state index in [0.717, 1.165) is 4.90 Å². The largest absolute Gasteiger partial charge is 0.394 e. The van der Waals surface area contributed by atoms with Crippen LogP contribution in [0.25, 0.3) is 0 Å². The third-order valence-corrected chi connectivity index (χ3v) is 4.62. The van der Waals surface area contributed by atoms with Crippen LogP contribution in [0.2, 0.25) is 0 Å². The summed E-state index contributed by atoms with van der Waals surface area (Å²) in [5.41, 5.74) is 0. The maximum absolute atomic E-state index is 11.7. The van der Waals surface area contributed by atoms with Gasteiger partial charge in [0.05, 0.1) is 24.9 Å². The highest BCUT2D eigenvalue weighted by atomic mass is 16.3. The van der Waals surface area contributed by atoms with Crippen molar-refractivity contribution in [1.29, 1.82) is 0 Å². The Bertz CT molecular complexity index is 537. The first-order valence-corrected chi connectivity index (χ1v) is 9.44. The molecule has 1 aliphatic heterocycles. The van der Waals surface area contributed by atoms with Crippen molar-refractivity contribution < 1.29 is 34.8 Å². The lowest BCUT2D eigenvalue weighted by Gasteiger charge is -2.26. The predicted molar refractivity (Wildman–Crippen MR) is 99.9 cm³/mol. The van der Waals surface area contributed by atoms with Gasteiger partial charge in [0.2, 0.25) is 5.91 Å². The Morgan fingerprint density at radius 2 is 1.71 bits per heavy atom. The summed E-state index contributed by atoms with van der Waals surface area (Å²) in [4.78, 5) is 35.5. The maximum Gasteiger partial charge on any atom is 0.253 e. The Kier molecular flexibility index (Phi) is 10.9. The molecule has 0 saturated heterocycles. The number of nitrogens with zero attached hydrogens (tertiary/aromatic N) is 1. The molecule has 0 aromatic carbocycles. The molecular weight excluding hydrogens is 370 g/mol. The summed E-state index contributed by atoms with van der Waals surface area (Å²) in [6, 6.07) is 0. The Morgan fingerprint density at radius 3 is 2.32 bits per heavy atom. The van der Waals surface area contributed by atoms with Crippen LogP contribution in [0.5, 0.6) is 0 Å². The van der Waals surface area contributed by atoms with E-state index in [9.17, 15) is 29.7 Å². The molecule has 0 radical (unpaired) electrons. The minimum absolute atomic E-state index is 0.115. The fourth-order valence-corrected chi connectivity index (χ4v) is 2.69. The average Bonchev–Trinajstić information content (AvgIpc) is 3.00. The molecule has 1 heterocycles. The summed E-state index contributed by atoms with van der Waals surface area (Å²) < 4.78 is 0. The third-order valence-electron chi connectivity index (χ3n) is 4.62. The number of aliphatic hydroxyl groups is 4. The van der Waals surface area contributed by atoms with Crippen molar-refractivity contribution in [1.82, 2.24) is 15.5 Å². The Morgan fingerprint density at radius 1 is 1.07 bits per heavy atom. The number of carbonyl (C=O) groups is 3. The van der Waals surface area contributed by atoms with E-state index in [1.165, 1.54) is 19.1 Å². The zero-order chi connectivity index (χ0) is 21.1. The van der Waals surface area contributed by atoms with Crippen molar-refractivity contribution in [3.05, 3.63) is 12.2 Å². The Balaban J connectivity index is 2.05. The molecule has 1 aliphatic rings. The molecule has 4 atom stereocenters. The molecule has 6 N–H and O–H groups in total. The highest BCUT2D eigenvalue weighted by molar-refractivity contribution is 6.12. The zero-order valence-corrected chi connectivity index (χ0v) is 16.1. The van der Waals surface area contributed by atoms with Gasteiger partial charge in [-0.1, -0.05) is 6.92 Å². The van der Waals surface area contributed by atoms with Crippen LogP contribution in [-0.2, 0) is 14.4 Å². The molecule has 160 valence electrons. The van der Waals surface area contributed by atoms with Gasteiger partial charge in [-0.3, -0.25) is 19.3 Å². The number of carbonyl (C=O) groups excluding carboxylic acids is 3. The molecule has 0 bridgehead atoms. The zero-order valence-electron chi connectivity index (χ0n) is 16.1. The Hall–Kier alpha value is -1.85. The van der Waals surface area contributed by atoms with Crippen molar-refractivity contribution >= 4 is 17.7 Å². The van der Waals surface area contributed by atoms with Crippen LogP contribution in [-0.4, -0.2) is 94.1 Å². The molecule has 1 rings (SSSR count). The smallest absolute Gasteiger partial charge is 0.253 e. The van der Waals surface area contributed by atoms with Gasteiger partial charge < -0.3 is 31.1 Å². The molecule has 0 unspecified atom stereocenters. The summed E-state index contributed by atoms with van der Waals surface area (Å²) in [7, 11) is 0. The van der Waals surface area contributed by atoms with Crippen LogP contribution in [0.4, 0.5) is 0 Å². The fraction of sp³-hybridized carbons (Fsp3) is 0.722. The van der Waals surface area contributed by atoms with E-state index in [4.69, 9.17) is 5.11 Å². The summed E-state index contributed by atoms with van der Waals surface area (Å²) in [5, 5.41) is 43.8. The quantitative estimate of drug-likeness (QED) is 0.138. The first-order chi connectivity index (χ1) is 13.3. The lowest BCUT2D eigenvalue weighted by atomic mass is 9.94. The minimum Gasteiger partial charge on any atom is -0.394 e. The molecule has 0 aliphatic carbocycles. The van der Waals surface area contributed by atoms with Crippen LogP contribution < -0.4 is 10.6 Å². The van der Waals surface area contributed by atoms with Gasteiger partial charge in [-0.2, -0.15) is 0 Å². The molecule has 28 heavy (non-hydrogen) atoms. The van der Waals surface area contributed by atoms with Crippen molar-refractivity contribution in [2.75, 3.05) is 32.8 Å². The first kappa shape index (κ1) is 24.2. The van der Waals surface area contributed by atoms with Gasteiger partial charge in [-0.15, -0.1) is 0 Å². The second-order valence-corrected chi connectivity index (χ2v) is 6.84. The fourth-order valence-electron chi connectivity index (χ4n) is 2.69. The first-order valence-electron chi connectivity index (χ1n) is 9.44. The lowest BCUT2D eigenvalue weighted by Crippen LogP contribution is -2.44. The number of hydrogen-bond donors (Lipinski definition) is 6.